The predicted molar refractivity (Wildman–Crippen MR) is 109 cm³/mol. The maximum Gasteiger partial charge on any atom is 0.339 e. The highest BCUT2D eigenvalue weighted by atomic mass is 16.6. The van der Waals surface area contributed by atoms with E-state index in [1.807, 2.05) is 78.9 Å². The van der Waals surface area contributed by atoms with Gasteiger partial charge in [0.25, 0.3) is 5.89 Å². The Kier molecular flexibility index (Phi) is 5.47. The molecule has 0 bridgehead atoms. The van der Waals surface area contributed by atoms with Gasteiger partial charge in [-0.05, 0) is 42.7 Å². The summed E-state index contributed by atoms with van der Waals surface area (Å²) in [6.07, 6.45) is -0.00334. The van der Waals surface area contributed by atoms with Crippen molar-refractivity contribution >= 4 is 5.97 Å². The zero-order valence-corrected chi connectivity index (χ0v) is 16.0. The molecule has 0 spiro atoms. The molecule has 0 saturated heterocycles. The molecule has 1 atom stereocenters. The number of rotatable bonds is 6. The first-order valence-corrected chi connectivity index (χ1v) is 9.42. The summed E-state index contributed by atoms with van der Waals surface area (Å²) in [5.41, 5.74) is 3.39. The van der Waals surface area contributed by atoms with Crippen LogP contribution in [0, 0.1) is 0 Å². The largest absolute Gasteiger partial charge is 0.449 e. The smallest absolute Gasteiger partial charge is 0.339 e. The number of ether oxygens (including phenoxy) is 1. The van der Waals surface area contributed by atoms with Crippen LogP contribution in [0.1, 0.15) is 40.4 Å². The average molecular weight is 384 g/mol. The van der Waals surface area contributed by atoms with E-state index >= 15 is 0 Å². The number of nitrogens with zero attached hydrogens (tertiary/aromatic N) is 2. The van der Waals surface area contributed by atoms with Crippen LogP contribution in [0.3, 0.4) is 0 Å². The number of hydrogen-bond donors (Lipinski definition) is 0. The van der Waals surface area contributed by atoms with Crippen molar-refractivity contribution < 1.29 is 13.9 Å². The van der Waals surface area contributed by atoms with E-state index in [1.165, 1.54) is 0 Å². The molecule has 3 aromatic carbocycles. The van der Waals surface area contributed by atoms with E-state index in [0.717, 1.165) is 16.7 Å². The SMILES string of the molecule is CC(OC(=O)c1ccccc1Cc1ccccc1)c1nnc(-c2ccccc2)o1. The number of aromatic nitrogens is 2. The zero-order valence-electron chi connectivity index (χ0n) is 16.0. The standard InChI is InChI=1S/C24H20N2O3/c1-17(22-25-26-23(29-22)19-12-6-3-7-13-19)28-24(27)21-15-9-8-14-20(21)16-18-10-4-2-5-11-18/h2-15,17H,16H2,1H3. The number of carbonyl (C=O) groups is 1. The normalized spacial score (nSPS) is 11.8. The lowest BCUT2D eigenvalue weighted by Gasteiger charge is -2.12. The first-order chi connectivity index (χ1) is 14.2. The van der Waals surface area contributed by atoms with Crippen molar-refractivity contribution in [1.29, 1.82) is 0 Å². The first-order valence-electron chi connectivity index (χ1n) is 9.42. The molecule has 0 aliphatic heterocycles. The van der Waals surface area contributed by atoms with Gasteiger partial charge in [0.1, 0.15) is 0 Å². The van der Waals surface area contributed by atoms with Crippen molar-refractivity contribution in [2.24, 2.45) is 0 Å². The Labute approximate surface area is 169 Å². The van der Waals surface area contributed by atoms with E-state index in [-0.39, 0.29) is 5.89 Å². The van der Waals surface area contributed by atoms with Gasteiger partial charge in [-0.25, -0.2) is 4.79 Å². The number of benzene rings is 3. The van der Waals surface area contributed by atoms with Gasteiger partial charge in [-0.1, -0.05) is 66.7 Å². The van der Waals surface area contributed by atoms with E-state index in [9.17, 15) is 4.79 Å². The molecule has 5 heteroatoms. The van der Waals surface area contributed by atoms with E-state index in [1.54, 1.807) is 13.0 Å². The minimum absolute atomic E-state index is 0.262. The van der Waals surface area contributed by atoms with Gasteiger partial charge in [-0.2, -0.15) is 0 Å². The summed E-state index contributed by atoms with van der Waals surface area (Å²) in [6, 6.07) is 26.9. The summed E-state index contributed by atoms with van der Waals surface area (Å²) in [5, 5.41) is 8.09. The fraction of sp³-hybridized carbons (Fsp3) is 0.125. The van der Waals surface area contributed by atoms with Crippen molar-refractivity contribution in [1.82, 2.24) is 10.2 Å². The topological polar surface area (TPSA) is 65.2 Å². The molecule has 0 N–H and O–H groups in total. The molecule has 144 valence electrons. The molecule has 0 saturated carbocycles. The van der Waals surface area contributed by atoms with Crippen molar-refractivity contribution in [2.75, 3.05) is 0 Å². The van der Waals surface area contributed by atoms with Crippen LogP contribution in [0.2, 0.25) is 0 Å². The molecule has 0 aliphatic rings. The predicted octanol–water partition coefficient (Wildman–Crippen LogP) is 5.25. The molecule has 4 rings (SSSR count). The molecular formula is C24H20N2O3. The van der Waals surface area contributed by atoms with Gasteiger partial charge in [0.05, 0.1) is 5.56 Å². The zero-order chi connectivity index (χ0) is 20.1. The van der Waals surface area contributed by atoms with Gasteiger partial charge in [-0.3, -0.25) is 0 Å². The minimum Gasteiger partial charge on any atom is -0.449 e. The van der Waals surface area contributed by atoms with Gasteiger partial charge >= 0.3 is 5.97 Å². The lowest BCUT2D eigenvalue weighted by molar-refractivity contribution is 0.0279. The first kappa shape index (κ1) is 18.6. The van der Waals surface area contributed by atoms with Crippen molar-refractivity contribution in [2.45, 2.75) is 19.4 Å². The second-order valence-electron chi connectivity index (χ2n) is 6.68. The highest BCUT2D eigenvalue weighted by Crippen LogP contribution is 2.24. The summed E-state index contributed by atoms with van der Waals surface area (Å²) in [7, 11) is 0. The molecule has 29 heavy (non-hydrogen) atoms. The third-order valence-electron chi connectivity index (χ3n) is 4.57. The highest BCUT2D eigenvalue weighted by molar-refractivity contribution is 5.91. The lowest BCUT2D eigenvalue weighted by atomic mass is 10.00. The van der Waals surface area contributed by atoms with E-state index in [0.29, 0.717) is 17.9 Å². The van der Waals surface area contributed by atoms with Crippen LogP contribution in [0.15, 0.2) is 89.3 Å². The van der Waals surface area contributed by atoms with Crippen LogP contribution >= 0.6 is 0 Å². The summed E-state index contributed by atoms with van der Waals surface area (Å²) in [4.78, 5) is 12.8. The molecule has 0 amide bonds. The van der Waals surface area contributed by atoms with Crippen molar-refractivity contribution in [3.8, 4) is 11.5 Å². The summed E-state index contributed by atoms with van der Waals surface area (Å²) < 4.78 is 11.3. The van der Waals surface area contributed by atoms with Crippen LogP contribution < -0.4 is 0 Å². The van der Waals surface area contributed by atoms with Crippen molar-refractivity contribution in [3.05, 3.63) is 108 Å². The Bertz CT molecular complexity index is 1090. The van der Waals surface area contributed by atoms with Gasteiger partial charge < -0.3 is 9.15 Å². The molecule has 1 unspecified atom stereocenters. The van der Waals surface area contributed by atoms with E-state index in [2.05, 4.69) is 10.2 Å². The van der Waals surface area contributed by atoms with Crippen LogP contribution in [0.5, 0.6) is 0 Å². The summed E-state index contributed by atoms with van der Waals surface area (Å²) in [6.45, 7) is 1.72. The van der Waals surface area contributed by atoms with Gasteiger partial charge in [0.2, 0.25) is 5.89 Å². The second kappa shape index (κ2) is 8.52. The lowest BCUT2D eigenvalue weighted by Crippen LogP contribution is -2.12. The third-order valence-corrected chi connectivity index (χ3v) is 4.57. The molecule has 4 aromatic rings. The maximum atomic E-state index is 12.8. The quantitative estimate of drug-likeness (QED) is 0.425. The van der Waals surface area contributed by atoms with E-state index < -0.39 is 12.1 Å². The molecule has 0 aliphatic carbocycles. The van der Waals surface area contributed by atoms with Gasteiger partial charge in [-0.15, -0.1) is 10.2 Å². The Morgan fingerprint density at radius 1 is 0.897 bits per heavy atom. The fourth-order valence-corrected chi connectivity index (χ4v) is 3.06. The van der Waals surface area contributed by atoms with E-state index in [4.69, 9.17) is 9.15 Å². The maximum absolute atomic E-state index is 12.8. The number of carbonyl (C=O) groups excluding carboxylic acids is 1. The van der Waals surface area contributed by atoms with Gasteiger partial charge in [0, 0.05) is 5.56 Å². The second-order valence-corrected chi connectivity index (χ2v) is 6.68. The van der Waals surface area contributed by atoms with Crippen LogP contribution in [-0.4, -0.2) is 16.2 Å². The number of hydrogen-bond acceptors (Lipinski definition) is 5. The molecule has 0 fully saturated rings. The highest BCUT2D eigenvalue weighted by Gasteiger charge is 2.21. The third kappa shape index (κ3) is 4.41. The van der Waals surface area contributed by atoms with Crippen LogP contribution in [0.4, 0.5) is 0 Å². The summed E-state index contributed by atoms with van der Waals surface area (Å²) in [5.74, 6) is 0.245. The molecular weight excluding hydrogens is 364 g/mol. The molecule has 1 heterocycles. The fourth-order valence-electron chi connectivity index (χ4n) is 3.06. The van der Waals surface area contributed by atoms with Crippen LogP contribution in [-0.2, 0) is 11.2 Å². The molecule has 0 radical (unpaired) electrons. The number of esters is 1. The minimum atomic E-state index is -0.655. The Balaban J connectivity index is 1.49. The average Bonchev–Trinajstić information content (AvgIpc) is 3.26. The van der Waals surface area contributed by atoms with Crippen molar-refractivity contribution in [3.63, 3.8) is 0 Å². The molecule has 1 aromatic heterocycles. The Hall–Kier alpha value is -3.73. The summed E-state index contributed by atoms with van der Waals surface area (Å²) >= 11 is 0. The molecule has 5 nitrogen and oxygen atoms in total. The Morgan fingerprint density at radius 3 is 2.31 bits per heavy atom. The van der Waals surface area contributed by atoms with Gasteiger partial charge in [0.15, 0.2) is 6.10 Å². The van der Waals surface area contributed by atoms with Crippen LogP contribution in [0.25, 0.3) is 11.5 Å². The Morgan fingerprint density at radius 2 is 1.55 bits per heavy atom. The monoisotopic (exact) mass is 384 g/mol.